The molecule has 0 spiro atoms. The van der Waals surface area contributed by atoms with Gasteiger partial charge in [0.05, 0.1) is 6.42 Å². The second-order valence-electron chi connectivity index (χ2n) is 5.79. The molecule has 1 fully saturated rings. The Balaban J connectivity index is 2.22. The van der Waals surface area contributed by atoms with Crippen molar-refractivity contribution in [3.63, 3.8) is 0 Å². The number of carbonyl (C=O) groups excluding carboxylic acids is 1. The van der Waals surface area contributed by atoms with Crippen LogP contribution in [0.3, 0.4) is 0 Å². The third-order valence-electron chi connectivity index (χ3n) is 4.11. The Morgan fingerprint density at radius 3 is 2.72 bits per heavy atom. The monoisotopic (exact) mass is 246 g/mol. The van der Waals surface area contributed by atoms with Crippen molar-refractivity contribution >= 4 is 5.97 Å². The summed E-state index contributed by atoms with van der Waals surface area (Å²) in [4.78, 5) is 11.7. The van der Waals surface area contributed by atoms with Gasteiger partial charge in [0.15, 0.2) is 0 Å². The van der Waals surface area contributed by atoms with Crippen molar-refractivity contribution < 1.29 is 14.3 Å². The zero-order valence-electron chi connectivity index (χ0n) is 11.3. The SMILES string of the molecule is Cc1cc(C)c2c(c1C)OC1(C)CC(=O)OC2C1. The van der Waals surface area contributed by atoms with Gasteiger partial charge in [0.1, 0.15) is 17.5 Å². The van der Waals surface area contributed by atoms with E-state index < -0.39 is 5.60 Å². The molecule has 3 heteroatoms. The Hall–Kier alpha value is -1.51. The molecule has 0 N–H and O–H groups in total. The van der Waals surface area contributed by atoms with Crippen LogP contribution >= 0.6 is 0 Å². The molecular formula is C15H18O3. The molecule has 3 nitrogen and oxygen atoms in total. The van der Waals surface area contributed by atoms with Crippen LogP contribution in [0.4, 0.5) is 0 Å². The molecule has 2 atom stereocenters. The van der Waals surface area contributed by atoms with E-state index in [1.165, 1.54) is 5.56 Å². The number of hydrogen-bond acceptors (Lipinski definition) is 3. The van der Waals surface area contributed by atoms with Crippen molar-refractivity contribution in [1.82, 2.24) is 0 Å². The smallest absolute Gasteiger partial charge is 0.310 e. The van der Waals surface area contributed by atoms with Crippen molar-refractivity contribution in [3.05, 3.63) is 28.3 Å². The molecule has 2 aliphatic heterocycles. The summed E-state index contributed by atoms with van der Waals surface area (Å²) >= 11 is 0. The minimum Gasteiger partial charge on any atom is -0.486 e. The topological polar surface area (TPSA) is 35.5 Å². The maximum atomic E-state index is 11.7. The zero-order valence-corrected chi connectivity index (χ0v) is 11.3. The van der Waals surface area contributed by atoms with Gasteiger partial charge < -0.3 is 9.47 Å². The lowest BCUT2D eigenvalue weighted by molar-refractivity contribution is -0.170. The number of esters is 1. The number of aryl methyl sites for hydroxylation is 2. The molecule has 2 heterocycles. The van der Waals surface area contributed by atoms with Crippen LogP contribution < -0.4 is 4.74 Å². The van der Waals surface area contributed by atoms with Crippen LogP contribution in [0.1, 0.15) is 48.1 Å². The summed E-state index contributed by atoms with van der Waals surface area (Å²) in [6.45, 7) is 8.21. The van der Waals surface area contributed by atoms with Gasteiger partial charge in [-0.2, -0.15) is 0 Å². The maximum absolute atomic E-state index is 11.7. The lowest BCUT2D eigenvalue weighted by atomic mass is 9.82. The predicted molar refractivity (Wildman–Crippen MR) is 67.8 cm³/mol. The number of carbonyl (C=O) groups is 1. The molecule has 2 unspecified atom stereocenters. The van der Waals surface area contributed by atoms with Gasteiger partial charge in [0, 0.05) is 12.0 Å². The van der Waals surface area contributed by atoms with Gasteiger partial charge in [-0.1, -0.05) is 6.07 Å². The minimum atomic E-state index is -0.405. The van der Waals surface area contributed by atoms with Gasteiger partial charge in [0.2, 0.25) is 0 Å². The summed E-state index contributed by atoms with van der Waals surface area (Å²) in [6.07, 6.45) is 0.962. The average molecular weight is 246 g/mol. The Kier molecular flexibility index (Phi) is 2.25. The van der Waals surface area contributed by atoms with Crippen molar-refractivity contribution in [2.24, 2.45) is 0 Å². The van der Waals surface area contributed by atoms with Gasteiger partial charge in [-0.05, 0) is 44.4 Å². The molecule has 0 radical (unpaired) electrons. The fourth-order valence-corrected chi connectivity index (χ4v) is 3.10. The molecule has 1 aromatic carbocycles. The molecule has 0 aromatic heterocycles. The molecule has 3 rings (SSSR count). The Morgan fingerprint density at radius 1 is 1.28 bits per heavy atom. The Labute approximate surface area is 107 Å². The molecular weight excluding hydrogens is 228 g/mol. The lowest BCUT2D eigenvalue weighted by Crippen LogP contribution is -2.46. The Morgan fingerprint density at radius 2 is 2.00 bits per heavy atom. The van der Waals surface area contributed by atoms with Gasteiger partial charge in [-0.25, -0.2) is 0 Å². The van der Waals surface area contributed by atoms with Crippen LogP contribution in [0.25, 0.3) is 0 Å². The normalized spacial score (nSPS) is 29.3. The highest BCUT2D eigenvalue weighted by Crippen LogP contribution is 2.49. The van der Waals surface area contributed by atoms with Gasteiger partial charge in [-0.15, -0.1) is 0 Å². The number of ether oxygens (including phenoxy) is 2. The molecule has 96 valence electrons. The molecule has 0 saturated carbocycles. The third-order valence-corrected chi connectivity index (χ3v) is 4.11. The number of rotatable bonds is 0. The standard InChI is InChI=1S/C15H18O3/c1-8-5-9(2)13-11-6-15(4,7-12(16)17-11)18-14(13)10(8)3/h5,11H,6-7H2,1-4H3. The van der Waals surface area contributed by atoms with E-state index in [2.05, 4.69) is 26.8 Å². The van der Waals surface area contributed by atoms with Crippen LogP contribution in [0.15, 0.2) is 6.07 Å². The highest BCUT2D eigenvalue weighted by Gasteiger charge is 2.46. The summed E-state index contributed by atoms with van der Waals surface area (Å²) in [6, 6.07) is 2.14. The van der Waals surface area contributed by atoms with E-state index in [9.17, 15) is 4.79 Å². The fraction of sp³-hybridized carbons (Fsp3) is 0.533. The van der Waals surface area contributed by atoms with Crippen molar-refractivity contribution in [2.75, 3.05) is 0 Å². The number of hydrogen-bond donors (Lipinski definition) is 0. The van der Waals surface area contributed by atoms with Crippen molar-refractivity contribution in [1.29, 1.82) is 0 Å². The van der Waals surface area contributed by atoms with Crippen LogP contribution in [0.2, 0.25) is 0 Å². The quantitative estimate of drug-likeness (QED) is 0.660. The zero-order chi connectivity index (χ0) is 13.1. The predicted octanol–water partition coefficient (Wildman–Crippen LogP) is 3.14. The molecule has 0 aliphatic carbocycles. The number of benzene rings is 1. The molecule has 0 amide bonds. The van der Waals surface area contributed by atoms with Crippen LogP contribution in [0.5, 0.6) is 5.75 Å². The molecule has 1 aromatic rings. The lowest BCUT2D eigenvalue weighted by Gasteiger charge is -2.44. The number of fused-ring (bicyclic) bond motifs is 4. The first-order valence-corrected chi connectivity index (χ1v) is 6.39. The summed E-state index contributed by atoms with van der Waals surface area (Å²) in [5.74, 6) is 0.774. The summed E-state index contributed by atoms with van der Waals surface area (Å²) in [5, 5.41) is 0. The van der Waals surface area contributed by atoms with E-state index in [0.29, 0.717) is 6.42 Å². The first kappa shape index (κ1) is 11.6. The highest BCUT2D eigenvalue weighted by atomic mass is 16.6. The molecule has 2 bridgehead atoms. The highest BCUT2D eigenvalue weighted by molar-refractivity contribution is 5.73. The van der Waals surface area contributed by atoms with Crippen LogP contribution in [0, 0.1) is 20.8 Å². The van der Waals surface area contributed by atoms with E-state index in [1.807, 2.05) is 6.92 Å². The second kappa shape index (κ2) is 3.50. The molecule has 18 heavy (non-hydrogen) atoms. The van der Waals surface area contributed by atoms with E-state index in [-0.39, 0.29) is 12.1 Å². The summed E-state index contributed by atoms with van der Waals surface area (Å²) < 4.78 is 11.7. The minimum absolute atomic E-state index is 0.140. The van der Waals surface area contributed by atoms with E-state index >= 15 is 0 Å². The van der Waals surface area contributed by atoms with E-state index in [1.54, 1.807) is 0 Å². The second-order valence-corrected chi connectivity index (χ2v) is 5.79. The van der Waals surface area contributed by atoms with Crippen molar-refractivity contribution in [2.45, 2.75) is 52.2 Å². The van der Waals surface area contributed by atoms with Gasteiger partial charge in [-0.3, -0.25) is 4.79 Å². The fourth-order valence-electron chi connectivity index (χ4n) is 3.10. The van der Waals surface area contributed by atoms with Crippen LogP contribution in [-0.4, -0.2) is 11.6 Å². The van der Waals surface area contributed by atoms with Gasteiger partial charge >= 0.3 is 5.97 Å². The summed E-state index contributed by atoms with van der Waals surface area (Å²) in [7, 11) is 0. The van der Waals surface area contributed by atoms with E-state index in [4.69, 9.17) is 9.47 Å². The van der Waals surface area contributed by atoms with E-state index in [0.717, 1.165) is 28.9 Å². The van der Waals surface area contributed by atoms with Gasteiger partial charge in [0.25, 0.3) is 0 Å². The molecule has 1 saturated heterocycles. The Bertz CT molecular complexity index is 547. The van der Waals surface area contributed by atoms with Crippen LogP contribution in [-0.2, 0) is 9.53 Å². The summed E-state index contributed by atoms with van der Waals surface area (Å²) in [5.41, 5.74) is 4.18. The largest absolute Gasteiger partial charge is 0.486 e. The first-order chi connectivity index (χ1) is 8.39. The third kappa shape index (κ3) is 1.53. The average Bonchev–Trinajstić information content (AvgIpc) is 2.23. The maximum Gasteiger partial charge on any atom is 0.310 e. The first-order valence-electron chi connectivity index (χ1n) is 6.39. The molecule has 2 aliphatic rings. The van der Waals surface area contributed by atoms with Crippen molar-refractivity contribution in [3.8, 4) is 5.75 Å².